The highest BCUT2D eigenvalue weighted by Gasteiger charge is 2.43. The van der Waals surface area contributed by atoms with Gasteiger partial charge in [-0.1, -0.05) is 45.4 Å². The average Bonchev–Trinajstić information content (AvgIpc) is 2.88. The Morgan fingerprint density at radius 1 is 1.10 bits per heavy atom. The van der Waals surface area contributed by atoms with Gasteiger partial charge in [-0.05, 0) is 59.2 Å². The SMILES string of the molecule is CC[C@H]1OC(=O)C[C@@H](O)[C@H](C)[C@@H](OC2OC(C)CC(N(C)C)C2O)[C@@H](CC=O)C[C@@H](C)C(=O)/C=C/C(C)=C/[C@@H]1C. The summed E-state index contributed by atoms with van der Waals surface area (Å²) in [5.74, 6) is -2.20. The smallest absolute Gasteiger partial charge is 0.308 e. The third-order valence-electron chi connectivity index (χ3n) is 8.38. The molecule has 0 amide bonds. The summed E-state index contributed by atoms with van der Waals surface area (Å²) in [6.45, 7) is 11.3. The quantitative estimate of drug-likeness (QED) is 0.368. The van der Waals surface area contributed by atoms with Crippen LogP contribution in [0.15, 0.2) is 23.8 Å². The molecule has 0 spiro atoms. The van der Waals surface area contributed by atoms with Crippen molar-refractivity contribution in [3.63, 3.8) is 0 Å². The number of ether oxygens (including phenoxy) is 3. The van der Waals surface area contributed by atoms with Gasteiger partial charge in [-0.25, -0.2) is 0 Å². The Morgan fingerprint density at radius 3 is 2.38 bits per heavy atom. The molecule has 2 rings (SSSR count). The van der Waals surface area contributed by atoms with Gasteiger partial charge in [0.2, 0.25) is 0 Å². The van der Waals surface area contributed by atoms with Crippen molar-refractivity contribution >= 4 is 18.0 Å². The molecule has 40 heavy (non-hydrogen) atoms. The van der Waals surface area contributed by atoms with Crippen LogP contribution < -0.4 is 0 Å². The zero-order valence-electron chi connectivity index (χ0n) is 25.5. The fourth-order valence-corrected chi connectivity index (χ4v) is 5.84. The maximum Gasteiger partial charge on any atom is 0.308 e. The van der Waals surface area contributed by atoms with Crippen LogP contribution in [-0.2, 0) is 28.6 Å². The van der Waals surface area contributed by atoms with E-state index in [9.17, 15) is 24.6 Å². The normalized spacial score (nSPS) is 41.2. The fourth-order valence-electron chi connectivity index (χ4n) is 5.84. The van der Waals surface area contributed by atoms with Crippen LogP contribution in [0.1, 0.15) is 73.6 Å². The second-order valence-electron chi connectivity index (χ2n) is 12.0. The second kappa shape index (κ2) is 15.9. The number of aliphatic hydroxyl groups excluding tert-OH is 2. The van der Waals surface area contributed by atoms with Crippen LogP contribution in [-0.4, -0.2) is 90.1 Å². The zero-order chi connectivity index (χ0) is 30.1. The molecule has 9 nitrogen and oxygen atoms in total. The second-order valence-corrected chi connectivity index (χ2v) is 12.0. The van der Waals surface area contributed by atoms with E-state index in [0.717, 1.165) is 11.9 Å². The minimum Gasteiger partial charge on any atom is -0.462 e. The van der Waals surface area contributed by atoms with Crippen LogP contribution in [0, 0.1) is 23.7 Å². The number of cyclic esters (lactones) is 1. The van der Waals surface area contributed by atoms with Gasteiger partial charge in [0, 0.05) is 30.2 Å². The van der Waals surface area contributed by atoms with Crippen molar-refractivity contribution in [2.75, 3.05) is 14.1 Å². The van der Waals surface area contributed by atoms with E-state index in [1.165, 1.54) is 0 Å². The molecule has 228 valence electrons. The summed E-state index contributed by atoms with van der Waals surface area (Å²) >= 11 is 0. The van der Waals surface area contributed by atoms with E-state index in [1.54, 1.807) is 19.1 Å². The van der Waals surface area contributed by atoms with Crippen molar-refractivity contribution in [2.45, 2.75) is 116 Å². The van der Waals surface area contributed by atoms with E-state index >= 15 is 0 Å². The number of aldehydes is 1. The number of carbonyl (C=O) groups excluding carboxylic acids is 3. The number of esters is 1. The first-order chi connectivity index (χ1) is 18.8. The van der Waals surface area contributed by atoms with E-state index in [2.05, 4.69) is 0 Å². The molecule has 2 heterocycles. The first-order valence-electron chi connectivity index (χ1n) is 14.7. The molecule has 0 radical (unpaired) electrons. The lowest BCUT2D eigenvalue weighted by Gasteiger charge is -2.44. The van der Waals surface area contributed by atoms with Crippen LogP contribution in [0.25, 0.3) is 0 Å². The summed E-state index contributed by atoms with van der Waals surface area (Å²) in [5, 5.41) is 22.3. The molecule has 1 fully saturated rings. The van der Waals surface area contributed by atoms with Crippen molar-refractivity contribution in [3.05, 3.63) is 23.8 Å². The predicted octanol–water partition coefficient (Wildman–Crippen LogP) is 3.46. The summed E-state index contributed by atoms with van der Waals surface area (Å²) in [7, 11) is 3.76. The topological polar surface area (TPSA) is 123 Å². The van der Waals surface area contributed by atoms with Crippen LogP contribution in [0.2, 0.25) is 0 Å². The summed E-state index contributed by atoms with van der Waals surface area (Å²) in [4.78, 5) is 39.7. The monoisotopic (exact) mass is 565 g/mol. The van der Waals surface area contributed by atoms with Gasteiger partial charge in [0.25, 0.3) is 0 Å². The lowest BCUT2D eigenvalue weighted by Crippen LogP contribution is -2.56. The molecule has 9 heteroatoms. The van der Waals surface area contributed by atoms with Gasteiger partial charge in [-0.3, -0.25) is 9.59 Å². The molecule has 2 aliphatic rings. The highest BCUT2D eigenvalue weighted by Crippen LogP contribution is 2.34. The molecule has 0 aliphatic carbocycles. The largest absolute Gasteiger partial charge is 0.462 e. The van der Waals surface area contributed by atoms with Crippen molar-refractivity contribution in [3.8, 4) is 0 Å². The van der Waals surface area contributed by atoms with Gasteiger partial charge >= 0.3 is 5.97 Å². The number of hydrogen-bond acceptors (Lipinski definition) is 9. The Morgan fingerprint density at radius 2 is 1.77 bits per heavy atom. The maximum absolute atomic E-state index is 13.1. The van der Waals surface area contributed by atoms with E-state index in [-0.39, 0.29) is 42.8 Å². The minimum atomic E-state index is -1.14. The van der Waals surface area contributed by atoms with Crippen LogP contribution in [0.3, 0.4) is 0 Å². The molecule has 0 saturated carbocycles. The van der Waals surface area contributed by atoms with E-state index in [0.29, 0.717) is 19.3 Å². The Labute approximate surface area is 239 Å². The van der Waals surface area contributed by atoms with Crippen molar-refractivity contribution in [1.29, 1.82) is 0 Å². The summed E-state index contributed by atoms with van der Waals surface area (Å²) in [6, 6.07) is -0.213. The molecule has 11 atom stereocenters. The first-order valence-corrected chi connectivity index (χ1v) is 14.7. The van der Waals surface area contributed by atoms with Gasteiger partial charge in [-0.2, -0.15) is 0 Å². The molecule has 2 aliphatic heterocycles. The van der Waals surface area contributed by atoms with Crippen LogP contribution in [0.4, 0.5) is 0 Å². The highest BCUT2D eigenvalue weighted by molar-refractivity contribution is 5.91. The highest BCUT2D eigenvalue weighted by atomic mass is 16.7. The van der Waals surface area contributed by atoms with E-state index < -0.39 is 48.3 Å². The van der Waals surface area contributed by atoms with Gasteiger partial charge in [0.15, 0.2) is 12.1 Å². The van der Waals surface area contributed by atoms with Gasteiger partial charge < -0.3 is 34.1 Å². The summed E-state index contributed by atoms with van der Waals surface area (Å²) < 4.78 is 18.2. The van der Waals surface area contributed by atoms with Crippen molar-refractivity contribution in [2.24, 2.45) is 23.7 Å². The Balaban J connectivity index is 2.48. The third kappa shape index (κ3) is 9.58. The maximum atomic E-state index is 13.1. The average molecular weight is 566 g/mol. The van der Waals surface area contributed by atoms with E-state index in [1.807, 2.05) is 59.7 Å². The Kier molecular flexibility index (Phi) is 13.6. The Bertz CT molecular complexity index is 902. The number of nitrogens with zero attached hydrogens (tertiary/aromatic N) is 1. The van der Waals surface area contributed by atoms with Crippen LogP contribution >= 0.6 is 0 Å². The zero-order valence-corrected chi connectivity index (χ0v) is 25.5. The molecular weight excluding hydrogens is 514 g/mol. The molecule has 2 N–H and O–H groups in total. The Hall–Kier alpha value is -1.91. The third-order valence-corrected chi connectivity index (χ3v) is 8.38. The molecule has 0 aromatic rings. The molecule has 0 aromatic carbocycles. The van der Waals surface area contributed by atoms with Gasteiger partial charge in [-0.15, -0.1) is 0 Å². The number of allylic oxidation sites excluding steroid dienone is 3. The van der Waals surface area contributed by atoms with Crippen LogP contribution in [0.5, 0.6) is 0 Å². The van der Waals surface area contributed by atoms with Crippen molar-refractivity contribution < 1.29 is 38.8 Å². The molecule has 4 unspecified atom stereocenters. The van der Waals surface area contributed by atoms with Gasteiger partial charge in [0.1, 0.15) is 18.5 Å². The number of rotatable bonds is 6. The summed E-state index contributed by atoms with van der Waals surface area (Å²) in [5.41, 5.74) is 0.877. The number of hydrogen-bond donors (Lipinski definition) is 2. The molecule has 1 saturated heterocycles. The van der Waals surface area contributed by atoms with E-state index in [4.69, 9.17) is 14.2 Å². The molecular formula is C31H51NO8. The number of ketones is 1. The van der Waals surface area contributed by atoms with Gasteiger partial charge in [0.05, 0.1) is 24.7 Å². The number of carbonyl (C=O) groups is 3. The first kappa shape index (κ1) is 34.3. The standard InChI is InChI=1S/C31H51NO8/c1-9-27-20(4)14-18(2)10-11-25(34)19(3)15-23(12-13-33)30(22(6)26(35)17-28(36)39-27)40-31-29(37)24(32(7)8)16-21(5)38-31/h10-11,13-14,19-24,26-27,29-31,35,37H,9,12,15-17H2,1-8H3/b11-10+,18-14+/t19-,20+,21?,22+,23+,24?,26-,27-,29?,30-,31?/m1/s1. The minimum absolute atomic E-state index is 0.0796. The fraction of sp³-hybridized carbons (Fsp3) is 0.774. The molecule has 0 aromatic heterocycles. The lowest BCUT2D eigenvalue weighted by atomic mass is 9.79. The predicted molar refractivity (Wildman–Crippen MR) is 152 cm³/mol. The number of likely N-dealkylation sites (N-methyl/N-ethyl adjacent to an activating group) is 1. The lowest BCUT2D eigenvalue weighted by molar-refractivity contribution is -0.283. The van der Waals surface area contributed by atoms with Crippen molar-refractivity contribution in [1.82, 2.24) is 4.90 Å². The molecule has 0 bridgehead atoms. The summed E-state index contributed by atoms with van der Waals surface area (Å²) in [6.07, 6.45) is 2.94. The number of aliphatic hydroxyl groups is 2.